The van der Waals surface area contributed by atoms with E-state index in [1.165, 1.54) is 77.7 Å². The predicted molar refractivity (Wildman–Crippen MR) is 77.7 cm³/mol. The Morgan fingerprint density at radius 1 is 0.833 bits per heavy atom. The zero-order valence-corrected chi connectivity index (χ0v) is 11.9. The van der Waals surface area contributed by atoms with Crippen LogP contribution in [0.15, 0.2) is 0 Å². The lowest BCUT2D eigenvalue weighted by atomic mass is 9.92. The fourth-order valence-corrected chi connectivity index (χ4v) is 3.47. The monoisotopic (exact) mass is 253 g/mol. The van der Waals surface area contributed by atoms with Crippen molar-refractivity contribution in [2.75, 3.05) is 45.8 Å². The Balaban J connectivity index is 1.52. The van der Waals surface area contributed by atoms with Gasteiger partial charge in [0.2, 0.25) is 0 Å². The van der Waals surface area contributed by atoms with Gasteiger partial charge in [-0.3, -0.25) is 0 Å². The van der Waals surface area contributed by atoms with Crippen molar-refractivity contribution in [1.82, 2.24) is 9.80 Å². The van der Waals surface area contributed by atoms with Crippen molar-refractivity contribution in [3.8, 4) is 0 Å². The van der Waals surface area contributed by atoms with Crippen LogP contribution in [-0.4, -0.2) is 55.6 Å². The van der Waals surface area contributed by atoms with E-state index < -0.39 is 0 Å². The smallest absolute Gasteiger partial charge is 0.0105 e. The van der Waals surface area contributed by atoms with E-state index in [0.29, 0.717) is 0 Å². The molecule has 0 bridgehead atoms. The van der Waals surface area contributed by atoms with Crippen molar-refractivity contribution in [2.24, 2.45) is 11.7 Å². The van der Waals surface area contributed by atoms with Gasteiger partial charge in [-0.15, -0.1) is 0 Å². The van der Waals surface area contributed by atoms with E-state index in [1.54, 1.807) is 0 Å². The van der Waals surface area contributed by atoms with E-state index in [-0.39, 0.29) is 0 Å². The standard InChI is InChI=1S/C15H31N3/c16-8-14-18-12-6-15(7-13-18)5-4-11-17-9-2-1-3-10-17/h15H,1-14,16H2. The first-order valence-corrected chi connectivity index (χ1v) is 8.03. The zero-order valence-electron chi connectivity index (χ0n) is 11.9. The van der Waals surface area contributed by atoms with Crippen LogP contribution in [0.5, 0.6) is 0 Å². The minimum Gasteiger partial charge on any atom is -0.329 e. The first-order chi connectivity index (χ1) is 8.88. The number of hydrogen-bond donors (Lipinski definition) is 1. The molecule has 2 aliphatic heterocycles. The van der Waals surface area contributed by atoms with E-state index in [2.05, 4.69) is 9.80 Å². The van der Waals surface area contributed by atoms with Gasteiger partial charge in [0, 0.05) is 13.1 Å². The van der Waals surface area contributed by atoms with Crippen molar-refractivity contribution in [1.29, 1.82) is 0 Å². The molecule has 18 heavy (non-hydrogen) atoms. The summed E-state index contributed by atoms with van der Waals surface area (Å²) in [7, 11) is 0. The van der Waals surface area contributed by atoms with Gasteiger partial charge in [0.05, 0.1) is 0 Å². The van der Waals surface area contributed by atoms with Crippen LogP contribution in [0.2, 0.25) is 0 Å². The molecule has 0 amide bonds. The van der Waals surface area contributed by atoms with Gasteiger partial charge in [-0.1, -0.05) is 6.42 Å². The maximum absolute atomic E-state index is 5.61. The third-order valence-corrected chi connectivity index (χ3v) is 4.69. The van der Waals surface area contributed by atoms with E-state index in [9.17, 15) is 0 Å². The van der Waals surface area contributed by atoms with Crippen LogP contribution in [-0.2, 0) is 0 Å². The molecular formula is C15H31N3. The molecule has 2 rings (SSSR count). The van der Waals surface area contributed by atoms with E-state index in [4.69, 9.17) is 5.73 Å². The zero-order chi connectivity index (χ0) is 12.6. The summed E-state index contributed by atoms with van der Waals surface area (Å²) in [6, 6.07) is 0. The minimum absolute atomic E-state index is 0.819. The van der Waals surface area contributed by atoms with Crippen LogP contribution in [0, 0.1) is 5.92 Å². The van der Waals surface area contributed by atoms with Gasteiger partial charge in [0.1, 0.15) is 0 Å². The van der Waals surface area contributed by atoms with E-state index >= 15 is 0 Å². The van der Waals surface area contributed by atoms with Crippen LogP contribution >= 0.6 is 0 Å². The Labute approximate surface area is 113 Å². The van der Waals surface area contributed by atoms with Gasteiger partial charge in [-0.05, 0) is 77.2 Å². The molecule has 0 aromatic carbocycles. The highest BCUT2D eigenvalue weighted by Crippen LogP contribution is 2.22. The average Bonchev–Trinajstić information content (AvgIpc) is 2.42. The molecule has 0 spiro atoms. The topological polar surface area (TPSA) is 32.5 Å². The van der Waals surface area contributed by atoms with Crippen LogP contribution in [0.4, 0.5) is 0 Å². The SMILES string of the molecule is NCCN1CCC(CCCN2CCCCC2)CC1. The quantitative estimate of drug-likeness (QED) is 0.785. The van der Waals surface area contributed by atoms with Crippen molar-refractivity contribution >= 4 is 0 Å². The average molecular weight is 253 g/mol. The van der Waals surface area contributed by atoms with Crippen LogP contribution in [0.1, 0.15) is 44.9 Å². The normalized spacial score (nSPS) is 24.5. The van der Waals surface area contributed by atoms with Gasteiger partial charge in [-0.25, -0.2) is 0 Å². The molecule has 2 aliphatic rings. The summed E-state index contributed by atoms with van der Waals surface area (Å²) in [4.78, 5) is 5.20. The number of nitrogens with zero attached hydrogens (tertiary/aromatic N) is 2. The lowest BCUT2D eigenvalue weighted by molar-refractivity contribution is 0.171. The Morgan fingerprint density at radius 2 is 1.50 bits per heavy atom. The van der Waals surface area contributed by atoms with Gasteiger partial charge in [-0.2, -0.15) is 0 Å². The maximum Gasteiger partial charge on any atom is 0.0105 e. The molecule has 0 aromatic rings. The number of likely N-dealkylation sites (tertiary alicyclic amines) is 2. The first-order valence-electron chi connectivity index (χ1n) is 8.03. The van der Waals surface area contributed by atoms with Crippen molar-refractivity contribution < 1.29 is 0 Å². The third-order valence-electron chi connectivity index (χ3n) is 4.69. The lowest BCUT2D eigenvalue weighted by Gasteiger charge is -2.32. The summed E-state index contributed by atoms with van der Waals surface area (Å²) < 4.78 is 0. The summed E-state index contributed by atoms with van der Waals surface area (Å²) in [5.74, 6) is 0.990. The molecule has 2 heterocycles. The van der Waals surface area contributed by atoms with Gasteiger partial charge >= 0.3 is 0 Å². The number of piperidine rings is 2. The van der Waals surface area contributed by atoms with Crippen LogP contribution in [0.3, 0.4) is 0 Å². The van der Waals surface area contributed by atoms with E-state index in [0.717, 1.165) is 19.0 Å². The van der Waals surface area contributed by atoms with E-state index in [1.807, 2.05) is 0 Å². The summed E-state index contributed by atoms with van der Waals surface area (Å²) in [5.41, 5.74) is 5.61. The molecule has 0 aromatic heterocycles. The molecule has 0 aliphatic carbocycles. The minimum atomic E-state index is 0.819. The highest BCUT2D eigenvalue weighted by atomic mass is 15.1. The number of nitrogens with two attached hydrogens (primary N) is 1. The van der Waals surface area contributed by atoms with Crippen LogP contribution < -0.4 is 5.73 Å². The molecular weight excluding hydrogens is 222 g/mol. The van der Waals surface area contributed by atoms with Crippen LogP contribution in [0.25, 0.3) is 0 Å². The summed E-state index contributed by atoms with van der Waals surface area (Å²) in [6.45, 7) is 8.55. The molecule has 2 N–H and O–H groups in total. The first kappa shape index (κ1) is 14.3. The molecule has 0 radical (unpaired) electrons. The largest absolute Gasteiger partial charge is 0.329 e. The third kappa shape index (κ3) is 4.87. The maximum atomic E-state index is 5.61. The fraction of sp³-hybridized carbons (Fsp3) is 1.00. The van der Waals surface area contributed by atoms with Gasteiger partial charge < -0.3 is 15.5 Å². The second-order valence-corrected chi connectivity index (χ2v) is 6.12. The Morgan fingerprint density at radius 3 is 2.17 bits per heavy atom. The molecule has 106 valence electrons. The van der Waals surface area contributed by atoms with Crippen molar-refractivity contribution in [3.63, 3.8) is 0 Å². The summed E-state index contributed by atoms with van der Waals surface area (Å²) in [6.07, 6.45) is 9.99. The summed E-state index contributed by atoms with van der Waals surface area (Å²) >= 11 is 0. The lowest BCUT2D eigenvalue weighted by Crippen LogP contribution is -2.37. The molecule has 0 unspecified atom stereocenters. The Kier molecular flexibility index (Phi) is 6.46. The predicted octanol–water partition coefficient (Wildman–Crippen LogP) is 1.92. The van der Waals surface area contributed by atoms with Crippen molar-refractivity contribution in [3.05, 3.63) is 0 Å². The van der Waals surface area contributed by atoms with Crippen molar-refractivity contribution in [2.45, 2.75) is 44.9 Å². The Bertz CT molecular complexity index is 206. The highest BCUT2D eigenvalue weighted by Gasteiger charge is 2.18. The number of hydrogen-bond acceptors (Lipinski definition) is 3. The second-order valence-electron chi connectivity index (χ2n) is 6.12. The summed E-state index contributed by atoms with van der Waals surface area (Å²) in [5, 5.41) is 0. The second kappa shape index (κ2) is 8.13. The van der Waals surface area contributed by atoms with Gasteiger partial charge in [0.15, 0.2) is 0 Å². The molecule has 2 fully saturated rings. The molecule has 0 saturated carbocycles. The molecule has 2 saturated heterocycles. The molecule has 3 heteroatoms. The number of rotatable bonds is 6. The van der Waals surface area contributed by atoms with Gasteiger partial charge in [0.25, 0.3) is 0 Å². The molecule has 0 atom stereocenters. The highest BCUT2D eigenvalue weighted by molar-refractivity contribution is 4.73. The Hall–Kier alpha value is -0.120. The fourth-order valence-electron chi connectivity index (χ4n) is 3.47. The molecule has 3 nitrogen and oxygen atoms in total.